The van der Waals surface area contributed by atoms with Crippen molar-refractivity contribution in [2.24, 2.45) is 11.7 Å². The largest absolute Gasteiger partial charge is 0.381 e. The average molecular weight is 269 g/mol. The third kappa shape index (κ3) is 3.13. The highest BCUT2D eigenvalue weighted by molar-refractivity contribution is 4.99. The first-order chi connectivity index (χ1) is 9.11. The maximum atomic E-state index is 6.21. The van der Waals surface area contributed by atoms with E-state index in [4.69, 9.17) is 10.5 Å². The molecule has 0 aromatic heterocycles. The molecule has 0 aromatic rings. The van der Waals surface area contributed by atoms with Gasteiger partial charge in [0.25, 0.3) is 0 Å². The van der Waals surface area contributed by atoms with Crippen LogP contribution in [0.25, 0.3) is 0 Å². The minimum absolute atomic E-state index is 0.0996. The Hall–Kier alpha value is -0.160. The predicted molar refractivity (Wildman–Crippen MR) is 79.3 cm³/mol. The number of hydrogen-bond donors (Lipinski definition) is 1. The second-order valence-electron chi connectivity index (χ2n) is 6.49. The van der Waals surface area contributed by atoms with Crippen LogP contribution >= 0.6 is 0 Å². The fourth-order valence-electron chi connectivity index (χ4n) is 3.81. The van der Waals surface area contributed by atoms with E-state index in [1.54, 1.807) is 0 Å². The van der Waals surface area contributed by atoms with Gasteiger partial charge in [-0.15, -0.1) is 0 Å². The minimum atomic E-state index is 0.0996. The summed E-state index contributed by atoms with van der Waals surface area (Å²) in [5.41, 5.74) is 6.31. The molecule has 2 aliphatic rings. The third-order valence-electron chi connectivity index (χ3n) is 5.25. The fourth-order valence-corrected chi connectivity index (χ4v) is 3.81. The zero-order valence-corrected chi connectivity index (χ0v) is 12.9. The summed E-state index contributed by atoms with van der Waals surface area (Å²) < 4.78 is 5.62. The van der Waals surface area contributed by atoms with E-state index in [-0.39, 0.29) is 5.54 Å². The molecule has 0 saturated carbocycles. The Morgan fingerprint density at radius 2 is 2.16 bits per heavy atom. The van der Waals surface area contributed by atoms with E-state index in [0.717, 1.165) is 26.2 Å². The monoisotopic (exact) mass is 269 g/mol. The van der Waals surface area contributed by atoms with Gasteiger partial charge in [-0.2, -0.15) is 0 Å². The molecule has 0 amide bonds. The molecule has 3 atom stereocenters. The molecule has 3 unspecified atom stereocenters. The Morgan fingerprint density at radius 1 is 1.37 bits per heavy atom. The zero-order valence-electron chi connectivity index (χ0n) is 12.9. The lowest BCUT2D eigenvalue weighted by Crippen LogP contribution is -2.61. The van der Waals surface area contributed by atoms with Crippen molar-refractivity contribution in [1.82, 2.24) is 9.80 Å². The molecule has 19 heavy (non-hydrogen) atoms. The van der Waals surface area contributed by atoms with Crippen LogP contribution in [-0.2, 0) is 4.74 Å². The molecule has 112 valence electrons. The number of rotatable bonds is 4. The van der Waals surface area contributed by atoms with E-state index < -0.39 is 0 Å². The third-order valence-corrected chi connectivity index (χ3v) is 5.25. The molecule has 0 spiro atoms. The Morgan fingerprint density at radius 3 is 2.74 bits per heavy atom. The fraction of sp³-hybridized carbons (Fsp3) is 1.00. The maximum absolute atomic E-state index is 6.21. The maximum Gasteiger partial charge on any atom is 0.0513 e. The van der Waals surface area contributed by atoms with Gasteiger partial charge < -0.3 is 15.4 Å². The molecule has 4 nitrogen and oxygen atoms in total. The Kier molecular flexibility index (Phi) is 5.23. The second-order valence-corrected chi connectivity index (χ2v) is 6.49. The molecule has 0 bridgehead atoms. The van der Waals surface area contributed by atoms with E-state index in [9.17, 15) is 0 Å². The van der Waals surface area contributed by atoms with Crippen LogP contribution in [0.5, 0.6) is 0 Å². The molecular formula is C15H31N3O. The van der Waals surface area contributed by atoms with Crippen LogP contribution in [0, 0.1) is 5.92 Å². The highest BCUT2D eigenvalue weighted by atomic mass is 16.5. The lowest BCUT2D eigenvalue weighted by atomic mass is 9.81. The van der Waals surface area contributed by atoms with Crippen molar-refractivity contribution < 1.29 is 4.74 Å². The summed E-state index contributed by atoms with van der Waals surface area (Å²) in [6.07, 6.45) is 3.61. The standard InChI is InChI=1S/C15H31N3O/c1-4-14-10-17(3)7-5-8-18(14)15(2,12-16)13-6-9-19-11-13/h13-14H,4-12,16H2,1-3H3. The molecule has 2 heterocycles. The van der Waals surface area contributed by atoms with E-state index >= 15 is 0 Å². The van der Waals surface area contributed by atoms with Gasteiger partial charge in [0.05, 0.1) is 6.61 Å². The van der Waals surface area contributed by atoms with Crippen molar-refractivity contribution >= 4 is 0 Å². The van der Waals surface area contributed by atoms with Gasteiger partial charge in [-0.1, -0.05) is 6.92 Å². The number of nitrogens with two attached hydrogens (primary N) is 1. The topological polar surface area (TPSA) is 41.7 Å². The predicted octanol–water partition coefficient (Wildman–Crippen LogP) is 1.16. The van der Waals surface area contributed by atoms with E-state index in [0.29, 0.717) is 12.0 Å². The first kappa shape index (κ1) is 15.2. The molecule has 0 aromatic carbocycles. The lowest BCUT2D eigenvalue weighted by molar-refractivity contribution is 0.0109. The van der Waals surface area contributed by atoms with Crippen molar-refractivity contribution in [1.29, 1.82) is 0 Å². The minimum Gasteiger partial charge on any atom is -0.381 e. The van der Waals surface area contributed by atoms with Crippen molar-refractivity contribution in [3.63, 3.8) is 0 Å². The van der Waals surface area contributed by atoms with Gasteiger partial charge in [-0.25, -0.2) is 0 Å². The lowest BCUT2D eigenvalue weighted by Gasteiger charge is -2.48. The number of ether oxygens (including phenoxy) is 1. The summed E-state index contributed by atoms with van der Waals surface area (Å²) in [4.78, 5) is 5.17. The van der Waals surface area contributed by atoms with Gasteiger partial charge in [0.1, 0.15) is 0 Å². The normalized spacial score (nSPS) is 34.1. The first-order valence-corrected chi connectivity index (χ1v) is 7.85. The smallest absolute Gasteiger partial charge is 0.0513 e. The first-order valence-electron chi connectivity index (χ1n) is 7.85. The summed E-state index contributed by atoms with van der Waals surface area (Å²) in [5.74, 6) is 0.593. The summed E-state index contributed by atoms with van der Waals surface area (Å²) in [6, 6.07) is 0.627. The summed E-state index contributed by atoms with van der Waals surface area (Å²) in [5, 5.41) is 0. The SMILES string of the molecule is CCC1CN(C)CCCN1C(C)(CN)C1CCOC1. The second kappa shape index (κ2) is 6.53. The summed E-state index contributed by atoms with van der Waals surface area (Å²) >= 11 is 0. The van der Waals surface area contributed by atoms with Crippen LogP contribution in [0.3, 0.4) is 0 Å². The molecule has 2 N–H and O–H groups in total. The van der Waals surface area contributed by atoms with Crippen LogP contribution in [-0.4, -0.2) is 67.8 Å². The molecule has 4 heteroatoms. The van der Waals surface area contributed by atoms with Gasteiger partial charge in [0, 0.05) is 43.7 Å². The van der Waals surface area contributed by atoms with Crippen LogP contribution < -0.4 is 5.73 Å². The van der Waals surface area contributed by atoms with Crippen LogP contribution in [0.1, 0.15) is 33.1 Å². The quantitative estimate of drug-likeness (QED) is 0.831. The molecule has 2 rings (SSSR count). The average Bonchev–Trinajstić information content (AvgIpc) is 2.88. The molecule has 2 saturated heterocycles. The van der Waals surface area contributed by atoms with Gasteiger partial charge in [-0.3, -0.25) is 4.90 Å². The zero-order chi connectivity index (χ0) is 13.9. The molecule has 0 radical (unpaired) electrons. The Balaban J connectivity index is 2.18. The van der Waals surface area contributed by atoms with E-state index in [1.165, 1.54) is 32.5 Å². The van der Waals surface area contributed by atoms with Gasteiger partial charge in [0.2, 0.25) is 0 Å². The van der Waals surface area contributed by atoms with Gasteiger partial charge >= 0.3 is 0 Å². The highest BCUT2D eigenvalue weighted by Crippen LogP contribution is 2.33. The number of hydrogen-bond acceptors (Lipinski definition) is 4. The highest BCUT2D eigenvalue weighted by Gasteiger charge is 2.43. The van der Waals surface area contributed by atoms with Crippen molar-refractivity contribution in [3.05, 3.63) is 0 Å². The number of likely N-dealkylation sites (N-methyl/N-ethyl adjacent to an activating group) is 1. The molecular weight excluding hydrogens is 238 g/mol. The van der Waals surface area contributed by atoms with Crippen molar-refractivity contribution in [2.75, 3.05) is 46.4 Å². The summed E-state index contributed by atoms with van der Waals surface area (Å²) in [6.45, 7) is 10.7. The van der Waals surface area contributed by atoms with Crippen molar-refractivity contribution in [3.8, 4) is 0 Å². The van der Waals surface area contributed by atoms with Gasteiger partial charge in [0.15, 0.2) is 0 Å². The summed E-state index contributed by atoms with van der Waals surface area (Å²) in [7, 11) is 2.24. The van der Waals surface area contributed by atoms with E-state index in [1.807, 2.05) is 0 Å². The van der Waals surface area contributed by atoms with Gasteiger partial charge in [-0.05, 0) is 39.8 Å². The van der Waals surface area contributed by atoms with Crippen molar-refractivity contribution in [2.45, 2.75) is 44.7 Å². The molecule has 0 aliphatic carbocycles. The van der Waals surface area contributed by atoms with Crippen LogP contribution in [0.4, 0.5) is 0 Å². The van der Waals surface area contributed by atoms with Crippen LogP contribution in [0.15, 0.2) is 0 Å². The number of nitrogens with zero attached hydrogens (tertiary/aromatic N) is 2. The Labute approximate surface area is 118 Å². The Bertz CT molecular complexity index is 281. The van der Waals surface area contributed by atoms with E-state index in [2.05, 4.69) is 30.7 Å². The molecule has 2 fully saturated rings. The van der Waals surface area contributed by atoms with Crippen LogP contribution in [0.2, 0.25) is 0 Å². The molecule has 2 aliphatic heterocycles.